The van der Waals surface area contributed by atoms with Gasteiger partial charge in [-0.25, -0.2) is 4.39 Å². The average Bonchev–Trinajstić information content (AvgIpc) is 2.41. The van der Waals surface area contributed by atoms with Crippen LogP contribution in [0.4, 0.5) is 4.39 Å². The molecule has 0 aliphatic carbocycles. The molecule has 2 N–H and O–H groups in total. The quantitative estimate of drug-likeness (QED) is 0.845. The third-order valence-electron chi connectivity index (χ3n) is 2.83. The molecule has 0 saturated carbocycles. The lowest BCUT2D eigenvalue weighted by Crippen LogP contribution is -2.14. The molecule has 0 saturated heterocycles. The van der Waals surface area contributed by atoms with E-state index in [1.165, 1.54) is 6.07 Å². The van der Waals surface area contributed by atoms with Crippen molar-refractivity contribution in [3.63, 3.8) is 0 Å². The van der Waals surface area contributed by atoms with E-state index in [1.807, 2.05) is 12.1 Å². The van der Waals surface area contributed by atoms with E-state index in [0.717, 1.165) is 14.5 Å². The molecule has 0 radical (unpaired) electrons. The lowest BCUT2D eigenvalue weighted by molar-refractivity contribution is 0.414. The Hall–Kier alpha value is -0.910. The lowest BCUT2D eigenvalue weighted by atomic mass is 9.99. The van der Waals surface area contributed by atoms with Crippen molar-refractivity contribution in [1.29, 1.82) is 0 Å². The molecule has 1 unspecified atom stereocenters. The van der Waals surface area contributed by atoms with Crippen LogP contribution in [0.5, 0.6) is 5.75 Å². The molecular weight excluding hydrogens is 377 g/mol. The van der Waals surface area contributed by atoms with Gasteiger partial charge >= 0.3 is 0 Å². The minimum Gasteiger partial charge on any atom is -0.497 e. The summed E-state index contributed by atoms with van der Waals surface area (Å²) in [6.07, 6.45) is 0. The summed E-state index contributed by atoms with van der Waals surface area (Å²) >= 11 is 6.76. The molecule has 0 bridgehead atoms. The zero-order valence-electron chi connectivity index (χ0n) is 10.2. The molecule has 2 aromatic carbocycles. The van der Waals surface area contributed by atoms with Crippen LogP contribution >= 0.6 is 31.9 Å². The number of rotatable bonds is 3. The van der Waals surface area contributed by atoms with E-state index in [0.29, 0.717) is 11.3 Å². The highest BCUT2D eigenvalue weighted by Crippen LogP contribution is 2.32. The summed E-state index contributed by atoms with van der Waals surface area (Å²) in [5.41, 5.74) is 7.37. The summed E-state index contributed by atoms with van der Waals surface area (Å²) in [7, 11) is 1.58. The van der Waals surface area contributed by atoms with E-state index < -0.39 is 6.04 Å². The summed E-state index contributed by atoms with van der Waals surface area (Å²) in [5.74, 6) is 0.356. The fourth-order valence-corrected chi connectivity index (χ4v) is 2.68. The maximum atomic E-state index is 13.9. The molecule has 0 spiro atoms. The van der Waals surface area contributed by atoms with Crippen LogP contribution in [0.1, 0.15) is 17.2 Å². The highest BCUT2D eigenvalue weighted by atomic mass is 79.9. The van der Waals surface area contributed by atoms with Gasteiger partial charge in [0.05, 0.1) is 13.2 Å². The highest BCUT2D eigenvalue weighted by Gasteiger charge is 2.17. The van der Waals surface area contributed by atoms with Crippen molar-refractivity contribution in [2.24, 2.45) is 5.73 Å². The van der Waals surface area contributed by atoms with Gasteiger partial charge in [-0.2, -0.15) is 0 Å². The lowest BCUT2D eigenvalue weighted by Gasteiger charge is -2.16. The topological polar surface area (TPSA) is 35.2 Å². The number of methoxy groups -OCH3 is 1. The Bertz CT molecular complexity index is 604. The van der Waals surface area contributed by atoms with Gasteiger partial charge in [-0.15, -0.1) is 0 Å². The molecule has 2 aromatic rings. The fourth-order valence-electron chi connectivity index (χ4n) is 1.81. The van der Waals surface area contributed by atoms with Crippen molar-refractivity contribution in [1.82, 2.24) is 0 Å². The summed E-state index contributed by atoms with van der Waals surface area (Å²) < 4.78 is 20.7. The number of ether oxygens (including phenoxy) is 1. The minimum absolute atomic E-state index is 0.328. The molecule has 1 atom stereocenters. The van der Waals surface area contributed by atoms with Crippen molar-refractivity contribution >= 4 is 31.9 Å². The van der Waals surface area contributed by atoms with E-state index >= 15 is 0 Å². The molecule has 100 valence electrons. The molecule has 0 aliphatic heterocycles. The number of benzene rings is 2. The first-order chi connectivity index (χ1) is 9.02. The standard InChI is InChI=1S/C14H12Br2FNO/c1-19-9-3-4-12(16)10(7-9)14(18)11-6-8(15)2-5-13(11)17/h2-7,14H,18H2,1H3. The third-order valence-corrected chi connectivity index (χ3v) is 4.05. The first-order valence-electron chi connectivity index (χ1n) is 5.57. The van der Waals surface area contributed by atoms with Gasteiger partial charge in [0.15, 0.2) is 0 Å². The Morgan fingerprint density at radius 3 is 2.53 bits per heavy atom. The van der Waals surface area contributed by atoms with Crippen LogP contribution in [0.2, 0.25) is 0 Å². The second-order valence-corrected chi connectivity index (χ2v) is 5.80. The van der Waals surface area contributed by atoms with Crippen LogP contribution in [0, 0.1) is 5.82 Å². The van der Waals surface area contributed by atoms with E-state index in [9.17, 15) is 4.39 Å². The number of nitrogens with two attached hydrogens (primary N) is 1. The van der Waals surface area contributed by atoms with Crippen LogP contribution in [0.15, 0.2) is 45.3 Å². The average molecular weight is 389 g/mol. The molecule has 0 amide bonds. The van der Waals surface area contributed by atoms with Gasteiger partial charge in [0, 0.05) is 14.5 Å². The predicted octanol–water partition coefficient (Wildman–Crippen LogP) is 4.41. The van der Waals surface area contributed by atoms with Gasteiger partial charge in [0.1, 0.15) is 11.6 Å². The molecule has 5 heteroatoms. The monoisotopic (exact) mass is 387 g/mol. The Kier molecular flexibility index (Phi) is 4.60. The summed E-state index contributed by atoms with van der Waals surface area (Å²) in [6.45, 7) is 0. The van der Waals surface area contributed by atoms with Crippen LogP contribution in [0.3, 0.4) is 0 Å². The fraction of sp³-hybridized carbons (Fsp3) is 0.143. The van der Waals surface area contributed by atoms with E-state index in [-0.39, 0.29) is 5.82 Å². The van der Waals surface area contributed by atoms with Gasteiger partial charge < -0.3 is 10.5 Å². The Morgan fingerprint density at radius 1 is 1.11 bits per heavy atom. The van der Waals surface area contributed by atoms with Crippen molar-refractivity contribution in [3.05, 3.63) is 62.3 Å². The zero-order chi connectivity index (χ0) is 14.0. The van der Waals surface area contributed by atoms with Crippen LogP contribution < -0.4 is 10.5 Å². The van der Waals surface area contributed by atoms with Crippen LogP contribution in [-0.2, 0) is 0 Å². The molecule has 0 heterocycles. The van der Waals surface area contributed by atoms with Gasteiger partial charge in [0.2, 0.25) is 0 Å². The largest absolute Gasteiger partial charge is 0.497 e. The highest BCUT2D eigenvalue weighted by molar-refractivity contribution is 9.10. The minimum atomic E-state index is -0.568. The number of hydrogen-bond acceptors (Lipinski definition) is 2. The second kappa shape index (κ2) is 6.03. The molecule has 0 fully saturated rings. The van der Waals surface area contributed by atoms with Crippen molar-refractivity contribution < 1.29 is 9.13 Å². The smallest absolute Gasteiger partial charge is 0.128 e. The molecule has 0 aromatic heterocycles. The second-order valence-electron chi connectivity index (χ2n) is 4.03. The van der Waals surface area contributed by atoms with Crippen LogP contribution in [-0.4, -0.2) is 7.11 Å². The molecular formula is C14H12Br2FNO. The predicted molar refractivity (Wildman–Crippen MR) is 80.8 cm³/mol. The van der Waals surface area contributed by atoms with Crippen LogP contribution in [0.25, 0.3) is 0 Å². The molecule has 2 rings (SSSR count). The Labute approximate surface area is 128 Å². The molecule has 19 heavy (non-hydrogen) atoms. The maximum Gasteiger partial charge on any atom is 0.128 e. The van der Waals surface area contributed by atoms with Gasteiger partial charge in [-0.1, -0.05) is 31.9 Å². The first-order valence-corrected chi connectivity index (χ1v) is 7.15. The third kappa shape index (κ3) is 3.16. The SMILES string of the molecule is COc1ccc(Br)c(C(N)c2cc(Br)ccc2F)c1. The van der Waals surface area contributed by atoms with E-state index in [1.54, 1.807) is 25.3 Å². The van der Waals surface area contributed by atoms with Crippen molar-refractivity contribution in [3.8, 4) is 5.75 Å². The number of hydrogen-bond donors (Lipinski definition) is 1. The zero-order valence-corrected chi connectivity index (χ0v) is 13.3. The van der Waals surface area contributed by atoms with E-state index in [2.05, 4.69) is 31.9 Å². The molecule has 2 nitrogen and oxygen atoms in total. The van der Waals surface area contributed by atoms with E-state index in [4.69, 9.17) is 10.5 Å². The summed E-state index contributed by atoms with van der Waals surface area (Å²) in [6, 6.07) is 9.61. The van der Waals surface area contributed by atoms with Gasteiger partial charge in [0.25, 0.3) is 0 Å². The maximum absolute atomic E-state index is 13.9. The number of halogens is 3. The molecule has 0 aliphatic rings. The normalized spacial score (nSPS) is 12.3. The Morgan fingerprint density at radius 2 is 1.84 bits per heavy atom. The van der Waals surface area contributed by atoms with Gasteiger partial charge in [-0.3, -0.25) is 0 Å². The Balaban J connectivity index is 2.48. The van der Waals surface area contributed by atoms with Crippen molar-refractivity contribution in [2.75, 3.05) is 7.11 Å². The van der Waals surface area contributed by atoms with Crippen molar-refractivity contribution in [2.45, 2.75) is 6.04 Å². The van der Waals surface area contributed by atoms with Gasteiger partial charge in [-0.05, 0) is 42.0 Å². The first kappa shape index (κ1) is 14.5. The summed E-state index contributed by atoms with van der Waals surface area (Å²) in [4.78, 5) is 0. The summed E-state index contributed by atoms with van der Waals surface area (Å²) in [5, 5.41) is 0.